The van der Waals surface area contributed by atoms with E-state index in [1.165, 1.54) is 67.9 Å². The van der Waals surface area contributed by atoms with Gasteiger partial charge in [-0.05, 0) is 58.3 Å². The molecule has 9 aromatic rings. The van der Waals surface area contributed by atoms with Crippen molar-refractivity contribution in [3.63, 3.8) is 0 Å². The van der Waals surface area contributed by atoms with Crippen LogP contribution in [0.5, 0.6) is 0 Å². The first-order chi connectivity index (χ1) is 21.3. The van der Waals surface area contributed by atoms with Crippen molar-refractivity contribution in [3.05, 3.63) is 152 Å². The normalized spacial score (nSPS) is 11.7. The van der Waals surface area contributed by atoms with Crippen LogP contribution in [0.2, 0.25) is 0 Å². The lowest BCUT2D eigenvalue weighted by atomic mass is 10.0. The van der Waals surface area contributed by atoms with E-state index < -0.39 is 0 Å². The van der Waals surface area contributed by atoms with Gasteiger partial charge in [0.05, 0.1) is 10.4 Å². The average molecular weight is 584 g/mol. The van der Waals surface area contributed by atoms with Crippen molar-refractivity contribution < 1.29 is 0 Å². The Kier molecular flexibility index (Phi) is 5.62. The van der Waals surface area contributed by atoms with Crippen LogP contribution in [0.3, 0.4) is 0 Å². The van der Waals surface area contributed by atoms with E-state index in [2.05, 4.69) is 157 Å². The van der Waals surface area contributed by atoms with Crippen molar-refractivity contribution in [2.24, 2.45) is 0 Å². The zero-order valence-electron chi connectivity index (χ0n) is 23.2. The molecule has 0 amide bonds. The summed E-state index contributed by atoms with van der Waals surface area (Å²) in [6.45, 7) is 0. The predicted molar refractivity (Wildman–Crippen MR) is 190 cm³/mol. The number of para-hydroxylation sites is 1. The summed E-state index contributed by atoms with van der Waals surface area (Å²) in [7, 11) is 0. The lowest BCUT2D eigenvalue weighted by Gasteiger charge is -2.26. The summed E-state index contributed by atoms with van der Waals surface area (Å²) in [5.74, 6) is 0. The molecule has 0 N–H and O–H groups in total. The fourth-order valence-electron chi connectivity index (χ4n) is 6.46. The van der Waals surface area contributed by atoms with Crippen molar-refractivity contribution in [3.8, 4) is 11.1 Å². The van der Waals surface area contributed by atoms with Crippen LogP contribution in [0.4, 0.5) is 17.1 Å². The molecule has 9 rings (SSSR count). The van der Waals surface area contributed by atoms with Crippen LogP contribution in [0, 0.1) is 0 Å². The second-order valence-corrected chi connectivity index (χ2v) is 13.0. The lowest BCUT2D eigenvalue weighted by molar-refractivity contribution is 1.30. The molecule has 202 valence electrons. The van der Waals surface area contributed by atoms with Gasteiger partial charge in [0.25, 0.3) is 0 Å². The summed E-state index contributed by atoms with van der Waals surface area (Å²) < 4.78 is 5.33. The summed E-state index contributed by atoms with van der Waals surface area (Å²) in [6, 6.07) is 55.2. The highest BCUT2D eigenvalue weighted by molar-refractivity contribution is 7.27. The molecule has 3 heteroatoms. The van der Waals surface area contributed by atoms with Gasteiger partial charge >= 0.3 is 0 Å². The molecule has 0 bridgehead atoms. The van der Waals surface area contributed by atoms with Crippen molar-refractivity contribution in [2.45, 2.75) is 0 Å². The third-order valence-electron chi connectivity index (χ3n) is 8.46. The fourth-order valence-corrected chi connectivity index (χ4v) is 9.03. The Morgan fingerprint density at radius 3 is 1.88 bits per heavy atom. The third-order valence-corrected chi connectivity index (χ3v) is 11.0. The zero-order valence-corrected chi connectivity index (χ0v) is 24.8. The molecule has 0 aliphatic heterocycles. The minimum absolute atomic E-state index is 1.15. The number of nitrogens with zero attached hydrogens (tertiary/aromatic N) is 1. The van der Waals surface area contributed by atoms with E-state index in [4.69, 9.17) is 0 Å². The molecule has 0 aliphatic carbocycles. The molecule has 1 nitrogen and oxygen atoms in total. The molecular weight excluding hydrogens is 559 g/mol. The molecule has 43 heavy (non-hydrogen) atoms. The number of benzene rings is 7. The minimum atomic E-state index is 1.15. The van der Waals surface area contributed by atoms with Crippen molar-refractivity contribution in [1.29, 1.82) is 0 Å². The van der Waals surface area contributed by atoms with E-state index >= 15 is 0 Å². The number of anilines is 3. The molecular formula is C40H25NS2. The Morgan fingerprint density at radius 2 is 1.02 bits per heavy atom. The first-order valence-electron chi connectivity index (χ1n) is 14.5. The Labute approximate surface area is 257 Å². The molecule has 0 aliphatic rings. The van der Waals surface area contributed by atoms with Gasteiger partial charge in [0.2, 0.25) is 0 Å². The summed E-state index contributed by atoms with van der Waals surface area (Å²) >= 11 is 3.78. The maximum absolute atomic E-state index is 2.41. The molecule has 2 aromatic heterocycles. The highest BCUT2D eigenvalue weighted by Crippen LogP contribution is 2.47. The Hall–Kier alpha value is -4.96. The van der Waals surface area contributed by atoms with Gasteiger partial charge in [0.1, 0.15) is 0 Å². The molecule has 7 aromatic carbocycles. The average Bonchev–Trinajstić information content (AvgIpc) is 3.65. The SMILES string of the molecule is c1ccc(N(c2ccc(-c3cccc4c3sc3ccccc34)cc2)c2cccc3c2sc2c4ccccc4ccc32)cc1. The van der Waals surface area contributed by atoms with Gasteiger partial charge in [-0.25, -0.2) is 0 Å². The van der Waals surface area contributed by atoms with Gasteiger partial charge < -0.3 is 4.90 Å². The van der Waals surface area contributed by atoms with Gasteiger partial charge in [0.15, 0.2) is 0 Å². The number of fused-ring (bicyclic) bond motifs is 8. The largest absolute Gasteiger partial charge is 0.309 e. The lowest BCUT2D eigenvalue weighted by Crippen LogP contribution is -2.09. The summed E-state index contributed by atoms with van der Waals surface area (Å²) in [4.78, 5) is 2.41. The highest BCUT2D eigenvalue weighted by Gasteiger charge is 2.19. The Bertz CT molecular complexity index is 2450. The number of hydrogen-bond acceptors (Lipinski definition) is 3. The van der Waals surface area contributed by atoms with Gasteiger partial charge in [-0.1, -0.05) is 115 Å². The van der Waals surface area contributed by atoms with Gasteiger partial charge in [0, 0.05) is 47.0 Å². The van der Waals surface area contributed by atoms with Crippen LogP contribution in [-0.2, 0) is 0 Å². The smallest absolute Gasteiger partial charge is 0.0640 e. The molecule has 0 unspecified atom stereocenters. The summed E-state index contributed by atoms with van der Waals surface area (Å²) in [6.07, 6.45) is 0. The second kappa shape index (κ2) is 9.81. The Morgan fingerprint density at radius 1 is 0.372 bits per heavy atom. The first kappa shape index (κ1) is 24.6. The van der Waals surface area contributed by atoms with Gasteiger partial charge in [-0.15, -0.1) is 22.7 Å². The number of rotatable bonds is 4. The van der Waals surface area contributed by atoms with Crippen LogP contribution < -0.4 is 4.90 Å². The van der Waals surface area contributed by atoms with Crippen molar-refractivity contribution in [2.75, 3.05) is 4.90 Å². The third kappa shape index (κ3) is 3.90. The van der Waals surface area contributed by atoms with Crippen LogP contribution in [-0.4, -0.2) is 0 Å². The molecule has 0 radical (unpaired) electrons. The van der Waals surface area contributed by atoms with Crippen LogP contribution in [0.25, 0.3) is 62.2 Å². The van der Waals surface area contributed by atoms with Crippen molar-refractivity contribution >= 4 is 90.9 Å². The number of hydrogen-bond donors (Lipinski definition) is 0. The van der Waals surface area contributed by atoms with E-state index in [0.29, 0.717) is 0 Å². The molecule has 0 fully saturated rings. The summed E-state index contributed by atoms with van der Waals surface area (Å²) in [5, 5.41) is 7.89. The highest BCUT2D eigenvalue weighted by atomic mass is 32.1. The first-order valence-corrected chi connectivity index (χ1v) is 16.2. The predicted octanol–water partition coefficient (Wildman–Crippen LogP) is 12.7. The van der Waals surface area contributed by atoms with Gasteiger partial charge in [-0.3, -0.25) is 0 Å². The minimum Gasteiger partial charge on any atom is -0.309 e. The van der Waals surface area contributed by atoms with E-state index in [9.17, 15) is 0 Å². The maximum Gasteiger partial charge on any atom is 0.0640 e. The molecule has 0 saturated heterocycles. The molecule has 0 atom stereocenters. The monoisotopic (exact) mass is 583 g/mol. The van der Waals surface area contributed by atoms with Gasteiger partial charge in [-0.2, -0.15) is 0 Å². The fraction of sp³-hybridized carbons (Fsp3) is 0. The van der Waals surface area contributed by atoms with E-state index in [1.54, 1.807) is 0 Å². The van der Waals surface area contributed by atoms with E-state index in [1.807, 2.05) is 22.7 Å². The zero-order chi connectivity index (χ0) is 28.3. The molecule has 0 saturated carbocycles. The molecule has 2 heterocycles. The van der Waals surface area contributed by atoms with Crippen LogP contribution in [0.1, 0.15) is 0 Å². The number of thiophene rings is 2. The molecule has 0 spiro atoms. The van der Waals surface area contributed by atoms with E-state index in [-0.39, 0.29) is 0 Å². The van der Waals surface area contributed by atoms with Crippen LogP contribution in [0.15, 0.2) is 152 Å². The Balaban J connectivity index is 1.22. The maximum atomic E-state index is 2.41. The summed E-state index contributed by atoms with van der Waals surface area (Å²) in [5.41, 5.74) is 6.02. The second-order valence-electron chi connectivity index (χ2n) is 10.9. The van der Waals surface area contributed by atoms with Crippen molar-refractivity contribution in [1.82, 2.24) is 0 Å². The standard InChI is InChI=1S/C40H25NS2/c1-2-11-28(12-3-1)41(36-18-9-17-34-35-25-22-26-10-4-5-13-30(26)39(35)43-40(34)36)29-23-20-27(21-24-29)31-15-8-16-33-32-14-6-7-19-37(32)42-38(31)33/h1-25H. The topological polar surface area (TPSA) is 3.24 Å². The van der Waals surface area contributed by atoms with Crippen LogP contribution >= 0.6 is 22.7 Å². The van der Waals surface area contributed by atoms with E-state index in [0.717, 1.165) is 11.4 Å². The quantitative estimate of drug-likeness (QED) is 0.199.